The summed E-state index contributed by atoms with van der Waals surface area (Å²) >= 11 is 0. The molecule has 0 N–H and O–H groups in total. The zero-order valence-electron chi connectivity index (χ0n) is 15.0. The minimum atomic E-state index is 0.266. The average Bonchev–Trinajstić information content (AvgIpc) is 2.59. The number of hydrogen-bond acceptors (Lipinski definition) is 4. The number of aromatic nitrogens is 1. The van der Waals surface area contributed by atoms with Crippen molar-refractivity contribution in [2.45, 2.75) is 64.1 Å². The van der Waals surface area contributed by atoms with E-state index in [-0.39, 0.29) is 6.10 Å². The van der Waals surface area contributed by atoms with Gasteiger partial charge in [-0.05, 0) is 44.9 Å². The molecule has 0 radical (unpaired) electrons. The van der Waals surface area contributed by atoms with Gasteiger partial charge in [0.15, 0.2) is 0 Å². The largest absolute Gasteiger partial charge is 0.490 e. The monoisotopic (exact) mass is 338 g/mol. The van der Waals surface area contributed by atoms with E-state index in [2.05, 4.69) is 41.2 Å². The van der Waals surface area contributed by atoms with Gasteiger partial charge in [0.05, 0.1) is 0 Å². The van der Waals surface area contributed by atoms with Crippen LogP contribution in [0.5, 0.6) is 11.6 Å². The molecular weight excluding hydrogens is 312 g/mol. The first-order chi connectivity index (χ1) is 12.2. The summed E-state index contributed by atoms with van der Waals surface area (Å²) in [5, 5.41) is 2.20. The van der Waals surface area contributed by atoms with Gasteiger partial charge in [0.2, 0.25) is 5.88 Å². The van der Waals surface area contributed by atoms with Crippen molar-refractivity contribution < 1.29 is 9.57 Å². The van der Waals surface area contributed by atoms with E-state index in [4.69, 9.17) is 9.57 Å². The Kier molecular flexibility index (Phi) is 4.62. The van der Waals surface area contributed by atoms with Gasteiger partial charge in [-0.25, -0.2) is 4.98 Å². The van der Waals surface area contributed by atoms with Gasteiger partial charge in [-0.15, -0.1) is 5.06 Å². The van der Waals surface area contributed by atoms with E-state index in [0.717, 1.165) is 42.9 Å². The number of pyridine rings is 1. The molecule has 0 spiro atoms. The summed E-state index contributed by atoms with van der Waals surface area (Å²) in [5.74, 6) is 1.71. The number of aryl methyl sites for hydroxylation is 2. The number of hydroxylamine groups is 2. The van der Waals surface area contributed by atoms with E-state index >= 15 is 0 Å². The average molecular weight is 338 g/mol. The first-order valence-electron chi connectivity index (χ1n) is 9.30. The Morgan fingerprint density at radius 3 is 2.40 bits per heavy atom. The van der Waals surface area contributed by atoms with E-state index in [9.17, 15) is 0 Å². The fraction of sp³-hybridized carbons (Fsp3) is 0.476. The molecule has 2 aliphatic rings. The summed E-state index contributed by atoms with van der Waals surface area (Å²) in [6, 6.07) is 13.2. The standard InChI is InChI=1S/C21H26N2O2/c1-15-8-10-19(11-9-15)24-20-13-17-6-3-7-18(14-20)23(17)25-21-16(2)5-4-12-22-21/h4-5,8-12,17-18,20H,3,6-7,13-14H2,1-2H3/t17-,18+,20?. The van der Waals surface area contributed by atoms with E-state index in [1.807, 2.05) is 19.1 Å². The molecular formula is C21H26N2O2. The lowest BCUT2D eigenvalue weighted by molar-refractivity contribution is -0.185. The number of rotatable bonds is 4. The van der Waals surface area contributed by atoms with Gasteiger partial charge in [-0.2, -0.15) is 0 Å². The molecule has 2 saturated heterocycles. The summed E-state index contributed by atoms with van der Waals surface area (Å²) in [4.78, 5) is 10.6. The quantitative estimate of drug-likeness (QED) is 0.824. The Morgan fingerprint density at radius 2 is 1.72 bits per heavy atom. The minimum Gasteiger partial charge on any atom is -0.490 e. The number of benzene rings is 1. The van der Waals surface area contributed by atoms with Gasteiger partial charge in [-0.3, -0.25) is 0 Å². The lowest BCUT2D eigenvalue weighted by Crippen LogP contribution is -2.56. The molecule has 4 nitrogen and oxygen atoms in total. The fourth-order valence-electron chi connectivity index (χ4n) is 4.01. The highest BCUT2D eigenvalue weighted by Gasteiger charge is 2.41. The van der Waals surface area contributed by atoms with Gasteiger partial charge >= 0.3 is 0 Å². The molecule has 0 amide bonds. The van der Waals surface area contributed by atoms with Gasteiger partial charge in [-0.1, -0.05) is 30.2 Å². The van der Waals surface area contributed by atoms with Crippen LogP contribution in [0.25, 0.3) is 0 Å². The lowest BCUT2D eigenvalue weighted by Gasteiger charge is -2.46. The topological polar surface area (TPSA) is 34.6 Å². The molecule has 4 rings (SSSR count). The van der Waals surface area contributed by atoms with Crippen molar-refractivity contribution in [3.8, 4) is 11.6 Å². The number of piperidine rings is 2. The Labute approximate surface area is 149 Å². The normalized spacial score (nSPS) is 26.2. The predicted octanol–water partition coefficient (Wildman–Crippen LogP) is 4.46. The van der Waals surface area contributed by atoms with Crippen LogP contribution in [0, 0.1) is 13.8 Å². The Hall–Kier alpha value is -2.07. The van der Waals surface area contributed by atoms with E-state index in [1.165, 1.54) is 12.0 Å². The third kappa shape index (κ3) is 3.64. The van der Waals surface area contributed by atoms with Crippen molar-refractivity contribution in [2.24, 2.45) is 0 Å². The molecule has 1 aromatic heterocycles. The van der Waals surface area contributed by atoms with Crippen LogP contribution in [0.2, 0.25) is 0 Å². The van der Waals surface area contributed by atoms with Crippen LogP contribution in [0.3, 0.4) is 0 Å². The zero-order chi connectivity index (χ0) is 17.2. The van der Waals surface area contributed by atoms with Gasteiger partial charge in [0.1, 0.15) is 11.9 Å². The maximum Gasteiger partial charge on any atom is 0.241 e. The maximum absolute atomic E-state index is 6.27. The van der Waals surface area contributed by atoms with Crippen molar-refractivity contribution in [3.05, 3.63) is 53.7 Å². The van der Waals surface area contributed by atoms with E-state index in [1.54, 1.807) is 6.20 Å². The van der Waals surface area contributed by atoms with Crippen LogP contribution in [0.4, 0.5) is 0 Å². The molecule has 132 valence electrons. The molecule has 0 saturated carbocycles. The van der Waals surface area contributed by atoms with E-state index < -0.39 is 0 Å². The summed E-state index contributed by atoms with van der Waals surface area (Å²) in [6.07, 6.45) is 7.68. The van der Waals surface area contributed by atoms with Crippen LogP contribution in [0.15, 0.2) is 42.6 Å². The second-order valence-corrected chi connectivity index (χ2v) is 7.34. The van der Waals surface area contributed by atoms with Crippen molar-refractivity contribution in [1.82, 2.24) is 10.0 Å². The van der Waals surface area contributed by atoms with Gasteiger partial charge in [0.25, 0.3) is 0 Å². The van der Waals surface area contributed by atoms with Crippen molar-refractivity contribution in [2.75, 3.05) is 0 Å². The second kappa shape index (κ2) is 7.04. The smallest absolute Gasteiger partial charge is 0.241 e. The lowest BCUT2D eigenvalue weighted by atomic mass is 9.84. The second-order valence-electron chi connectivity index (χ2n) is 7.34. The number of nitrogens with zero attached hydrogens (tertiary/aromatic N) is 2. The van der Waals surface area contributed by atoms with Crippen molar-refractivity contribution in [1.29, 1.82) is 0 Å². The minimum absolute atomic E-state index is 0.266. The molecule has 0 aliphatic carbocycles. The third-order valence-electron chi connectivity index (χ3n) is 5.34. The highest BCUT2D eigenvalue weighted by Crippen LogP contribution is 2.36. The highest BCUT2D eigenvalue weighted by atomic mass is 16.7. The number of fused-ring (bicyclic) bond motifs is 2. The summed E-state index contributed by atoms with van der Waals surface area (Å²) in [7, 11) is 0. The summed E-state index contributed by atoms with van der Waals surface area (Å²) < 4.78 is 6.27. The molecule has 1 aromatic carbocycles. The fourth-order valence-corrected chi connectivity index (χ4v) is 4.01. The first-order valence-corrected chi connectivity index (χ1v) is 9.30. The number of ether oxygens (including phenoxy) is 1. The van der Waals surface area contributed by atoms with Gasteiger partial charge < -0.3 is 9.57 Å². The van der Waals surface area contributed by atoms with Gasteiger partial charge in [0, 0.05) is 36.7 Å². The van der Waals surface area contributed by atoms with E-state index in [0.29, 0.717) is 12.1 Å². The third-order valence-corrected chi connectivity index (χ3v) is 5.34. The molecule has 3 atom stereocenters. The molecule has 4 heteroatoms. The van der Waals surface area contributed by atoms with Crippen molar-refractivity contribution >= 4 is 0 Å². The molecule has 3 heterocycles. The SMILES string of the molecule is Cc1ccc(OC2C[C@H]3CCC[C@@H](C2)N3Oc2ncccc2C)cc1. The Bertz CT molecular complexity index is 702. The van der Waals surface area contributed by atoms with Crippen LogP contribution in [0.1, 0.15) is 43.2 Å². The first kappa shape index (κ1) is 16.4. The Morgan fingerprint density at radius 1 is 1.00 bits per heavy atom. The molecule has 1 unspecified atom stereocenters. The number of hydrogen-bond donors (Lipinski definition) is 0. The summed E-state index contributed by atoms with van der Waals surface area (Å²) in [6.45, 7) is 4.15. The van der Waals surface area contributed by atoms with Crippen LogP contribution in [-0.2, 0) is 0 Å². The summed E-state index contributed by atoms with van der Waals surface area (Å²) in [5.41, 5.74) is 2.34. The molecule has 2 fully saturated rings. The molecule has 2 aromatic rings. The van der Waals surface area contributed by atoms with Crippen LogP contribution >= 0.6 is 0 Å². The Balaban J connectivity index is 1.45. The van der Waals surface area contributed by atoms with Crippen LogP contribution < -0.4 is 9.57 Å². The highest BCUT2D eigenvalue weighted by molar-refractivity contribution is 5.27. The molecule has 2 aliphatic heterocycles. The van der Waals surface area contributed by atoms with Crippen molar-refractivity contribution in [3.63, 3.8) is 0 Å². The molecule has 2 bridgehead atoms. The predicted molar refractivity (Wildman–Crippen MR) is 97.7 cm³/mol. The maximum atomic E-state index is 6.27. The zero-order valence-corrected chi connectivity index (χ0v) is 15.0. The molecule has 25 heavy (non-hydrogen) atoms. The van der Waals surface area contributed by atoms with Crippen LogP contribution in [-0.4, -0.2) is 28.2 Å².